The Morgan fingerprint density at radius 1 is 1.05 bits per heavy atom. The minimum Gasteiger partial charge on any atom is -0.458 e. The second kappa shape index (κ2) is 12.7. The molecule has 1 aliphatic rings. The number of esters is 1. The van der Waals surface area contributed by atoms with Gasteiger partial charge in [-0.2, -0.15) is 0 Å². The average molecular weight is 516 g/mol. The Labute approximate surface area is 215 Å². The van der Waals surface area contributed by atoms with Crippen LogP contribution < -0.4 is 11.0 Å². The molecule has 1 saturated heterocycles. The van der Waals surface area contributed by atoms with E-state index in [1.54, 1.807) is 46.0 Å². The molecular weight excluding hydrogens is 482 g/mol. The predicted octanol–water partition coefficient (Wildman–Crippen LogP) is 1.06. The Morgan fingerprint density at radius 3 is 2.46 bits per heavy atom. The normalized spacial score (nSPS) is 15.8. The van der Waals surface area contributed by atoms with E-state index in [9.17, 15) is 19.2 Å². The molecule has 0 radical (unpaired) electrons. The molecule has 1 aromatic heterocycles. The lowest BCUT2D eigenvalue weighted by Gasteiger charge is -2.21. The number of nitrogens with one attached hydrogen (secondary N) is 1. The Kier molecular flexibility index (Phi) is 9.63. The Bertz CT molecular complexity index is 1260. The number of amides is 2. The molecule has 1 N–H and O–H groups in total. The van der Waals surface area contributed by atoms with Gasteiger partial charge in [-0.1, -0.05) is 11.8 Å². The molecule has 0 spiro atoms. The maximum atomic E-state index is 12.8. The number of imidazole rings is 1. The fourth-order valence-corrected chi connectivity index (χ4v) is 3.80. The summed E-state index contributed by atoms with van der Waals surface area (Å²) in [7, 11) is 1.63. The van der Waals surface area contributed by atoms with Crippen molar-refractivity contribution >= 4 is 28.8 Å². The van der Waals surface area contributed by atoms with E-state index in [1.807, 2.05) is 0 Å². The summed E-state index contributed by atoms with van der Waals surface area (Å²) < 4.78 is 24.1. The summed E-state index contributed by atoms with van der Waals surface area (Å²) in [5, 5.41) is 2.30. The number of hydrogen-bond acceptors (Lipinski definition) is 8. The lowest BCUT2D eigenvalue weighted by atomic mass is 10.1. The fourth-order valence-electron chi connectivity index (χ4n) is 3.80. The van der Waals surface area contributed by atoms with Crippen LogP contribution in [0.25, 0.3) is 11.0 Å². The van der Waals surface area contributed by atoms with Crippen molar-refractivity contribution in [2.45, 2.75) is 45.3 Å². The number of benzene rings is 1. The molecule has 0 aliphatic carbocycles. The molecule has 1 fully saturated rings. The molecule has 0 saturated carbocycles. The summed E-state index contributed by atoms with van der Waals surface area (Å²) in [5.74, 6) is 4.72. The van der Waals surface area contributed by atoms with E-state index in [4.69, 9.17) is 18.9 Å². The molecule has 2 aromatic rings. The highest BCUT2D eigenvalue weighted by atomic mass is 16.6. The summed E-state index contributed by atoms with van der Waals surface area (Å²) in [5.41, 5.74) is 1.09. The van der Waals surface area contributed by atoms with Gasteiger partial charge in [-0.05, 0) is 45.4 Å². The van der Waals surface area contributed by atoms with E-state index in [2.05, 4.69) is 17.2 Å². The van der Waals surface area contributed by atoms with E-state index < -0.39 is 23.5 Å². The van der Waals surface area contributed by atoms with Crippen molar-refractivity contribution in [1.82, 2.24) is 14.5 Å². The number of aryl methyl sites for hydroxylation is 1. The molecule has 1 atom stereocenters. The van der Waals surface area contributed by atoms with Crippen molar-refractivity contribution in [3.05, 3.63) is 34.2 Å². The largest absolute Gasteiger partial charge is 0.458 e. The minimum absolute atomic E-state index is 0.117. The summed E-state index contributed by atoms with van der Waals surface area (Å²) in [6, 6.07) is 4.59. The van der Waals surface area contributed by atoms with E-state index in [1.165, 1.54) is 9.13 Å². The molecule has 3 rings (SSSR count). The SMILES string of the molecule is Cn1c(=O)n(C2CCC(=O)NC2=O)c2ccc(C#CCOCCOCCOCC(=O)OC(C)(C)C)cc21. The van der Waals surface area contributed by atoms with E-state index >= 15 is 0 Å². The summed E-state index contributed by atoms with van der Waals surface area (Å²) in [6.45, 7) is 6.78. The molecule has 200 valence electrons. The number of ether oxygens (including phenoxy) is 4. The van der Waals surface area contributed by atoms with Crippen molar-refractivity contribution < 1.29 is 33.3 Å². The van der Waals surface area contributed by atoms with Gasteiger partial charge in [0.2, 0.25) is 11.8 Å². The van der Waals surface area contributed by atoms with Crippen molar-refractivity contribution in [3.63, 3.8) is 0 Å². The average Bonchev–Trinajstić information content (AvgIpc) is 3.06. The Morgan fingerprint density at radius 2 is 1.76 bits per heavy atom. The monoisotopic (exact) mass is 515 g/mol. The second-order valence-corrected chi connectivity index (χ2v) is 9.49. The van der Waals surface area contributed by atoms with Crippen LogP contribution in [-0.4, -0.2) is 72.2 Å². The zero-order chi connectivity index (χ0) is 27.0. The first-order chi connectivity index (χ1) is 17.6. The number of hydrogen-bond donors (Lipinski definition) is 1. The van der Waals surface area contributed by atoms with Gasteiger partial charge in [0.25, 0.3) is 0 Å². The number of aromatic nitrogens is 2. The first-order valence-electron chi connectivity index (χ1n) is 12.1. The lowest BCUT2D eigenvalue weighted by Crippen LogP contribution is -2.44. The highest BCUT2D eigenvalue weighted by Gasteiger charge is 2.31. The van der Waals surface area contributed by atoms with Gasteiger partial charge >= 0.3 is 11.7 Å². The van der Waals surface area contributed by atoms with Crippen LogP contribution in [0.1, 0.15) is 45.2 Å². The molecule has 0 bridgehead atoms. The van der Waals surface area contributed by atoms with Crippen molar-refractivity contribution in [1.29, 1.82) is 0 Å². The zero-order valence-corrected chi connectivity index (χ0v) is 21.6. The number of carbonyl (C=O) groups is 3. The topological polar surface area (TPSA) is 127 Å². The predicted molar refractivity (Wildman–Crippen MR) is 134 cm³/mol. The Balaban J connectivity index is 1.41. The van der Waals surface area contributed by atoms with Crippen LogP contribution in [0.5, 0.6) is 0 Å². The van der Waals surface area contributed by atoms with Gasteiger partial charge < -0.3 is 18.9 Å². The van der Waals surface area contributed by atoms with Crippen LogP contribution in [0.15, 0.2) is 23.0 Å². The van der Waals surface area contributed by atoms with Gasteiger partial charge in [-0.15, -0.1) is 0 Å². The van der Waals surface area contributed by atoms with Gasteiger partial charge in [0.1, 0.15) is 24.9 Å². The summed E-state index contributed by atoms with van der Waals surface area (Å²) >= 11 is 0. The highest BCUT2D eigenvalue weighted by molar-refractivity contribution is 6.00. The highest BCUT2D eigenvalue weighted by Crippen LogP contribution is 2.23. The minimum atomic E-state index is -0.724. The molecule has 2 heterocycles. The van der Waals surface area contributed by atoms with Crippen molar-refractivity contribution in [2.75, 3.05) is 39.6 Å². The summed E-state index contributed by atoms with van der Waals surface area (Å²) in [6.07, 6.45) is 0.473. The molecule has 1 aliphatic heterocycles. The van der Waals surface area contributed by atoms with Gasteiger partial charge in [-0.25, -0.2) is 9.59 Å². The van der Waals surface area contributed by atoms with Gasteiger partial charge in [0.15, 0.2) is 0 Å². The number of nitrogens with zero attached hydrogens (tertiary/aromatic N) is 2. The van der Waals surface area contributed by atoms with Crippen LogP contribution in [-0.2, 0) is 40.4 Å². The van der Waals surface area contributed by atoms with E-state index in [-0.39, 0.29) is 44.3 Å². The standard InChI is InChI=1S/C26H33N3O8/c1-26(2,3)37-23(31)17-36-15-14-35-13-12-34-11-5-6-18-7-8-19-21(16-18)28(4)25(33)29(19)20-9-10-22(30)27-24(20)32/h7-8,16,20H,9-15,17H2,1-4H3,(H,27,30,32). The van der Waals surface area contributed by atoms with Crippen LogP contribution in [0.4, 0.5) is 0 Å². The molecule has 1 unspecified atom stereocenters. The van der Waals surface area contributed by atoms with Crippen LogP contribution in [0, 0.1) is 11.8 Å². The van der Waals surface area contributed by atoms with Crippen molar-refractivity contribution in [3.8, 4) is 11.8 Å². The molecule has 11 heteroatoms. The first-order valence-corrected chi connectivity index (χ1v) is 12.1. The molecule has 1 aromatic carbocycles. The summed E-state index contributed by atoms with van der Waals surface area (Å²) in [4.78, 5) is 48.1. The lowest BCUT2D eigenvalue weighted by molar-refractivity contribution is -0.160. The second-order valence-electron chi connectivity index (χ2n) is 9.49. The number of imide groups is 1. The Hall–Kier alpha value is -3.46. The maximum absolute atomic E-state index is 12.8. The molecule has 2 amide bonds. The van der Waals surface area contributed by atoms with Crippen LogP contribution >= 0.6 is 0 Å². The van der Waals surface area contributed by atoms with Gasteiger partial charge in [0.05, 0.1) is 37.5 Å². The third-order valence-electron chi connectivity index (χ3n) is 5.40. The fraction of sp³-hybridized carbons (Fsp3) is 0.538. The number of carbonyl (C=O) groups excluding carboxylic acids is 3. The van der Waals surface area contributed by atoms with Gasteiger partial charge in [-0.3, -0.25) is 24.0 Å². The smallest absolute Gasteiger partial charge is 0.332 e. The maximum Gasteiger partial charge on any atom is 0.332 e. The third kappa shape index (κ3) is 8.01. The number of rotatable bonds is 10. The number of piperidine rings is 1. The molecular formula is C26H33N3O8. The van der Waals surface area contributed by atoms with Gasteiger partial charge in [0, 0.05) is 19.0 Å². The zero-order valence-electron chi connectivity index (χ0n) is 21.6. The quantitative estimate of drug-likeness (QED) is 0.215. The van der Waals surface area contributed by atoms with Crippen molar-refractivity contribution in [2.24, 2.45) is 7.05 Å². The van der Waals surface area contributed by atoms with E-state index in [0.717, 1.165) is 0 Å². The van der Waals surface area contributed by atoms with Crippen LogP contribution in [0.2, 0.25) is 0 Å². The third-order valence-corrected chi connectivity index (χ3v) is 5.40. The number of fused-ring (bicyclic) bond motifs is 1. The first kappa shape index (κ1) is 28.1. The van der Waals surface area contributed by atoms with E-state index in [0.29, 0.717) is 36.4 Å². The molecule has 11 nitrogen and oxygen atoms in total. The molecule has 37 heavy (non-hydrogen) atoms. The van der Waals surface area contributed by atoms with Crippen LogP contribution in [0.3, 0.4) is 0 Å².